The Hall–Kier alpha value is -1.12. The molecule has 1 rings (SSSR count). The van der Waals surface area contributed by atoms with Crippen LogP contribution in [-0.2, 0) is 14.8 Å². The maximum Gasteiger partial charge on any atom is 0.214 e. The van der Waals surface area contributed by atoms with Gasteiger partial charge < -0.3 is 4.74 Å². The maximum absolute atomic E-state index is 12.6. The first kappa shape index (κ1) is 12.9. The molecule has 1 heterocycles. The first-order valence-corrected chi connectivity index (χ1v) is 5.99. The number of rotatable bonds is 4. The fraction of sp³-hybridized carbons (Fsp3) is 0.500. The summed E-state index contributed by atoms with van der Waals surface area (Å²) in [6, 6.07) is 0. The molecule has 2 N–H and O–H groups in total. The van der Waals surface area contributed by atoms with E-state index >= 15 is 0 Å². The van der Waals surface area contributed by atoms with Gasteiger partial charge in [0.25, 0.3) is 0 Å². The van der Waals surface area contributed by atoms with Gasteiger partial charge in [0.2, 0.25) is 10.0 Å². The number of primary sulfonamides is 1. The van der Waals surface area contributed by atoms with E-state index in [4.69, 9.17) is 9.88 Å². The van der Waals surface area contributed by atoms with E-state index in [2.05, 4.69) is 9.97 Å². The molecule has 0 fully saturated rings. The molecule has 2 atom stereocenters. The molecule has 0 aromatic carbocycles. The Morgan fingerprint density at radius 1 is 1.44 bits per heavy atom. The van der Waals surface area contributed by atoms with Gasteiger partial charge in [0, 0.05) is 7.11 Å². The molecule has 0 aliphatic rings. The van der Waals surface area contributed by atoms with Crippen LogP contribution in [0.15, 0.2) is 12.4 Å². The zero-order chi connectivity index (χ0) is 12.3. The Kier molecular flexibility index (Phi) is 3.89. The van der Waals surface area contributed by atoms with Crippen LogP contribution in [0.5, 0.6) is 0 Å². The lowest BCUT2D eigenvalue weighted by molar-refractivity contribution is 0.0946. The molecule has 1 aromatic rings. The number of nitrogens with two attached hydrogens (primary N) is 1. The Morgan fingerprint density at radius 2 is 1.94 bits per heavy atom. The highest BCUT2D eigenvalue weighted by Crippen LogP contribution is 2.20. The highest BCUT2D eigenvalue weighted by atomic mass is 32.2. The van der Waals surface area contributed by atoms with Gasteiger partial charge in [0.15, 0.2) is 11.6 Å². The standard InChI is InChI=1S/C8H12FN3O3S/c1-5(16(10,13)14)7(15-2)8-11-3-6(9)4-12-8/h3-5,7H,1-2H3,(H2,10,13,14)/t5-,7+/m0/s1. The summed E-state index contributed by atoms with van der Waals surface area (Å²) in [5.74, 6) is -0.535. The van der Waals surface area contributed by atoms with Crippen LogP contribution in [0.4, 0.5) is 4.39 Å². The normalized spacial score (nSPS) is 15.8. The molecule has 0 saturated carbocycles. The highest BCUT2D eigenvalue weighted by Gasteiger charge is 2.30. The smallest absolute Gasteiger partial charge is 0.214 e. The largest absolute Gasteiger partial charge is 0.372 e. The van der Waals surface area contributed by atoms with E-state index in [0.29, 0.717) is 0 Å². The molecule has 0 aliphatic carbocycles. The molecule has 0 bridgehead atoms. The second-order valence-electron chi connectivity index (χ2n) is 3.21. The van der Waals surface area contributed by atoms with Crippen molar-refractivity contribution in [1.82, 2.24) is 9.97 Å². The van der Waals surface area contributed by atoms with E-state index in [0.717, 1.165) is 12.4 Å². The first-order valence-electron chi connectivity index (χ1n) is 4.38. The van der Waals surface area contributed by atoms with Crippen molar-refractivity contribution < 1.29 is 17.5 Å². The number of nitrogens with zero attached hydrogens (tertiary/aromatic N) is 2. The Bertz CT molecular complexity index is 448. The van der Waals surface area contributed by atoms with Gasteiger partial charge in [-0.1, -0.05) is 0 Å². The van der Waals surface area contributed by atoms with E-state index in [-0.39, 0.29) is 5.82 Å². The highest BCUT2D eigenvalue weighted by molar-refractivity contribution is 7.89. The zero-order valence-corrected chi connectivity index (χ0v) is 9.61. The van der Waals surface area contributed by atoms with Crippen molar-refractivity contribution in [3.8, 4) is 0 Å². The van der Waals surface area contributed by atoms with Crippen LogP contribution >= 0.6 is 0 Å². The Labute approximate surface area is 92.7 Å². The van der Waals surface area contributed by atoms with Crippen molar-refractivity contribution in [2.45, 2.75) is 18.3 Å². The van der Waals surface area contributed by atoms with Gasteiger partial charge in [0.05, 0.1) is 12.4 Å². The summed E-state index contributed by atoms with van der Waals surface area (Å²) in [5, 5.41) is 3.97. The molecule has 0 aliphatic heterocycles. The number of methoxy groups -OCH3 is 1. The van der Waals surface area contributed by atoms with Crippen LogP contribution in [0.1, 0.15) is 18.9 Å². The lowest BCUT2D eigenvalue weighted by Gasteiger charge is -2.19. The minimum Gasteiger partial charge on any atom is -0.372 e. The minimum atomic E-state index is -3.77. The van der Waals surface area contributed by atoms with Crippen molar-refractivity contribution >= 4 is 10.0 Å². The van der Waals surface area contributed by atoms with Crippen molar-refractivity contribution in [3.63, 3.8) is 0 Å². The molecule has 0 unspecified atom stereocenters. The lowest BCUT2D eigenvalue weighted by atomic mass is 10.2. The van der Waals surface area contributed by atoms with Gasteiger partial charge in [-0.2, -0.15) is 0 Å². The zero-order valence-electron chi connectivity index (χ0n) is 8.79. The molecule has 0 spiro atoms. The molecular formula is C8H12FN3O3S. The predicted molar refractivity (Wildman–Crippen MR) is 54.3 cm³/mol. The summed E-state index contributed by atoms with van der Waals surface area (Å²) in [7, 11) is -2.47. The molecule has 6 nitrogen and oxygen atoms in total. The molecule has 8 heteroatoms. The quantitative estimate of drug-likeness (QED) is 0.809. The number of halogens is 1. The van der Waals surface area contributed by atoms with Crippen LogP contribution in [-0.4, -0.2) is 30.7 Å². The van der Waals surface area contributed by atoms with Crippen molar-refractivity contribution in [1.29, 1.82) is 0 Å². The molecule has 1 aromatic heterocycles. The number of ether oxygens (including phenoxy) is 1. The van der Waals surface area contributed by atoms with Gasteiger partial charge in [0.1, 0.15) is 11.4 Å². The average molecular weight is 249 g/mol. The molecular weight excluding hydrogens is 237 g/mol. The third kappa shape index (κ3) is 2.94. The Balaban J connectivity index is 3.03. The van der Waals surface area contributed by atoms with Gasteiger partial charge in [-0.15, -0.1) is 0 Å². The maximum atomic E-state index is 12.6. The fourth-order valence-corrected chi connectivity index (χ4v) is 1.73. The molecule has 0 saturated heterocycles. The number of aromatic nitrogens is 2. The summed E-state index contributed by atoms with van der Waals surface area (Å²) in [6.07, 6.45) is 0.949. The third-order valence-corrected chi connectivity index (χ3v) is 3.38. The molecule has 90 valence electrons. The van der Waals surface area contributed by atoms with E-state index in [9.17, 15) is 12.8 Å². The number of sulfonamides is 1. The second-order valence-corrected chi connectivity index (χ2v) is 5.13. The van der Waals surface area contributed by atoms with E-state index in [1.54, 1.807) is 0 Å². The summed E-state index contributed by atoms with van der Waals surface area (Å²) in [4.78, 5) is 7.31. The number of hydrogen-bond donors (Lipinski definition) is 1. The van der Waals surface area contributed by atoms with Crippen molar-refractivity contribution in [2.24, 2.45) is 5.14 Å². The topological polar surface area (TPSA) is 95.2 Å². The SMILES string of the molecule is CO[C@@H](c1ncc(F)cn1)[C@H](C)S(N)(=O)=O. The average Bonchev–Trinajstić information content (AvgIpc) is 2.20. The van der Waals surface area contributed by atoms with Gasteiger partial charge in [-0.25, -0.2) is 27.9 Å². The van der Waals surface area contributed by atoms with E-state index < -0.39 is 27.2 Å². The van der Waals surface area contributed by atoms with Crippen molar-refractivity contribution in [2.75, 3.05) is 7.11 Å². The van der Waals surface area contributed by atoms with Crippen LogP contribution in [0.2, 0.25) is 0 Å². The van der Waals surface area contributed by atoms with Crippen LogP contribution in [0, 0.1) is 5.82 Å². The summed E-state index contributed by atoms with van der Waals surface area (Å²) >= 11 is 0. The molecule has 0 radical (unpaired) electrons. The van der Waals surface area contributed by atoms with Crippen LogP contribution < -0.4 is 5.14 Å². The minimum absolute atomic E-state index is 0.0745. The van der Waals surface area contributed by atoms with E-state index in [1.807, 2.05) is 0 Å². The third-order valence-electron chi connectivity index (χ3n) is 2.09. The summed E-state index contributed by atoms with van der Waals surface area (Å²) in [5.41, 5.74) is 0. The lowest BCUT2D eigenvalue weighted by Crippen LogP contribution is -2.33. The second kappa shape index (κ2) is 4.81. The predicted octanol–water partition coefficient (Wildman–Crippen LogP) is -0.0198. The fourth-order valence-electron chi connectivity index (χ4n) is 1.15. The summed E-state index contributed by atoms with van der Waals surface area (Å²) < 4.78 is 39.8. The first-order chi connectivity index (χ1) is 7.36. The monoisotopic (exact) mass is 249 g/mol. The van der Waals surface area contributed by atoms with Crippen molar-refractivity contribution in [3.05, 3.63) is 24.0 Å². The number of hydrogen-bond acceptors (Lipinski definition) is 5. The van der Waals surface area contributed by atoms with Crippen LogP contribution in [0.3, 0.4) is 0 Å². The van der Waals surface area contributed by atoms with Gasteiger partial charge in [-0.3, -0.25) is 0 Å². The van der Waals surface area contributed by atoms with Gasteiger partial charge >= 0.3 is 0 Å². The Morgan fingerprint density at radius 3 is 2.31 bits per heavy atom. The van der Waals surface area contributed by atoms with Crippen LogP contribution in [0.25, 0.3) is 0 Å². The molecule has 16 heavy (non-hydrogen) atoms. The molecule has 0 amide bonds. The van der Waals surface area contributed by atoms with E-state index in [1.165, 1.54) is 14.0 Å². The van der Waals surface area contributed by atoms with Gasteiger partial charge in [-0.05, 0) is 6.92 Å². The summed E-state index contributed by atoms with van der Waals surface area (Å²) in [6.45, 7) is 1.37.